The molecule has 21 heavy (non-hydrogen) atoms. The molecule has 2 N–H and O–H groups in total. The van der Waals surface area contributed by atoms with Crippen molar-refractivity contribution in [2.24, 2.45) is 0 Å². The molecule has 1 aromatic heterocycles. The van der Waals surface area contributed by atoms with Crippen molar-refractivity contribution in [1.82, 2.24) is 4.98 Å². The van der Waals surface area contributed by atoms with Crippen molar-refractivity contribution in [3.05, 3.63) is 54.1 Å². The lowest BCUT2D eigenvalue weighted by molar-refractivity contribution is 0.156. The zero-order valence-electron chi connectivity index (χ0n) is 11.2. The van der Waals surface area contributed by atoms with Gasteiger partial charge in [0.1, 0.15) is 6.10 Å². The van der Waals surface area contributed by atoms with Gasteiger partial charge in [-0.15, -0.1) is 0 Å². The van der Waals surface area contributed by atoms with Gasteiger partial charge in [0.2, 0.25) is 0 Å². The second kappa shape index (κ2) is 5.11. The molecule has 2 heterocycles. The number of nitrogens with zero attached hydrogens (tertiary/aromatic N) is 1. The Morgan fingerprint density at radius 3 is 2.62 bits per heavy atom. The van der Waals surface area contributed by atoms with Crippen LogP contribution in [0.1, 0.15) is 5.56 Å². The fourth-order valence-electron chi connectivity index (χ4n) is 2.29. The lowest BCUT2D eigenvalue weighted by Gasteiger charge is -2.03. The highest BCUT2D eigenvalue weighted by Gasteiger charge is 2.36. The highest BCUT2D eigenvalue weighted by Crippen LogP contribution is 2.28. The van der Waals surface area contributed by atoms with E-state index < -0.39 is 6.29 Å². The van der Waals surface area contributed by atoms with Crippen LogP contribution < -0.4 is 5.32 Å². The van der Waals surface area contributed by atoms with Gasteiger partial charge in [0.15, 0.2) is 11.4 Å². The molecule has 1 aliphatic rings. The van der Waals surface area contributed by atoms with Crippen LogP contribution in [-0.2, 0) is 11.2 Å². The molecule has 0 amide bonds. The number of nitrogens with one attached hydrogen (secondary N) is 1. The number of aromatic nitrogens is 1. The molecule has 2 atom stereocenters. The molecule has 0 radical (unpaired) electrons. The Hall–Kier alpha value is -1.95. The normalized spacial score (nSPS) is 20.6. The van der Waals surface area contributed by atoms with E-state index >= 15 is 0 Å². The van der Waals surface area contributed by atoms with Crippen LogP contribution in [0.25, 0.3) is 10.2 Å². The molecule has 0 saturated carbocycles. The molecule has 106 valence electrons. The summed E-state index contributed by atoms with van der Waals surface area (Å²) in [6, 6.07) is 16.2. The molecule has 0 bridgehead atoms. The van der Waals surface area contributed by atoms with Gasteiger partial charge in [-0.1, -0.05) is 35.6 Å². The SMILES string of the molecule is OC1OC1Cc1ccc(Nc2nc3ccccc3s2)cc1. The smallest absolute Gasteiger partial charge is 0.188 e. The molecule has 0 aliphatic carbocycles. The third-order valence-corrected chi connectivity index (χ3v) is 4.44. The molecule has 4 rings (SSSR count). The summed E-state index contributed by atoms with van der Waals surface area (Å²) >= 11 is 1.64. The van der Waals surface area contributed by atoms with Gasteiger partial charge >= 0.3 is 0 Å². The van der Waals surface area contributed by atoms with Crippen LogP contribution in [0.3, 0.4) is 0 Å². The summed E-state index contributed by atoms with van der Waals surface area (Å²) in [5, 5.41) is 13.4. The summed E-state index contributed by atoms with van der Waals surface area (Å²) in [5.41, 5.74) is 3.18. The highest BCUT2D eigenvalue weighted by molar-refractivity contribution is 7.22. The quantitative estimate of drug-likeness (QED) is 0.726. The molecule has 1 aliphatic heterocycles. The van der Waals surface area contributed by atoms with Gasteiger partial charge in [-0.25, -0.2) is 4.98 Å². The van der Waals surface area contributed by atoms with Gasteiger partial charge < -0.3 is 15.2 Å². The predicted molar refractivity (Wildman–Crippen MR) is 83.9 cm³/mol. The number of ether oxygens (including phenoxy) is 1. The minimum atomic E-state index is -0.578. The van der Waals surface area contributed by atoms with E-state index in [0.717, 1.165) is 28.3 Å². The molecule has 5 heteroatoms. The molecule has 0 spiro atoms. The van der Waals surface area contributed by atoms with Crippen molar-refractivity contribution in [3.63, 3.8) is 0 Å². The number of hydrogen-bond donors (Lipinski definition) is 2. The number of aliphatic hydroxyl groups is 1. The maximum atomic E-state index is 9.16. The van der Waals surface area contributed by atoms with Gasteiger partial charge in [-0.3, -0.25) is 0 Å². The van der Waals surface area contributed by atoms with E-state index in [4.69, 9.17) is 9.84 Å². The van der Waals surface area contributed by atoms with E-state index in [2.05, 4.69) is 16.4 Å². The predicted octanol–water partition coefficient (Wildman–Crippen LogP) is 3.30. The lowest BCUT2D eigenvalue weighted by Crippen LogP contribution is -1.97. The number of rotatable bonds is 4. The number of anilines is 2. The first-order valence-electron chi connectivity index (χ1n) is 6.83. The van der Waals surface area contributed by atoms with Gasteiger partial charge in [-0.2, -0.15) is 0 Å². The molecule has 2 unspecified atom stereocenters. The topological polar surface area (TPSA) is 57.7 Å². The van der Waals surface area contributed by atoms with Crippen molar-refractivity contribution in [2.45, 2.75) is 18.8 Å². The summed E-state index contributed by atoms with van der Waals surface area (Å²) in [7, 11) is 0. The van der Waals surface area contributed by atoms with E-state index in [1.807, 2.05) is 42.5 Å². The highest BCUT2D eigenvalue weighted by atomic mass is 32.1. The first-order valence-corrected chi connectivity index (χ1v) is 7.65. The summed E-state index contributed by atoms with van der Waals surface area (Å²) in [6.07, 6.45) is 0.140. The zero-order valence-corrected chi connectivity index (χ0v) is 12.0. The Bertz CT molecular complexity index is 736. The summed E-state index contributed by atoms with van der Waals surface area (Å²) in [4.78, 5) is 4.55. The van der Waals surface area contributed by atoms with Crippen molar-refractivity contribution in [3.8, 4) is 0 Å². The Labute approximate surface area is 126 Å². The number of fused-ring (bicyclic) bond motifs is 1. The fourth-order valence-corrected chi connectivity index (χ4v) is 3.17. The average Bonchev–Trinajstić information content (AvgIpc) is 3.03. The van der Waals surface area contributed by atoms with Gasteiger partial charge in [0, 0.05) is 12.1 Å². The zero-order chi connectivity index (χ0) is 14.2. The van der Waals surface area contributed by atoms with Gasteiger partial charge in [0.25, 0.3) is 0 Å². The maximum Gasteiger partial charge on any atom is 0.188 e. The third kappa shape index (κ3) is 2.76. The Morgan fingerprint density at radius 2 is 1.90 bits per heavy atom. The van der Waals surface area contributed by atoms with Crippen LogP contribution in [0.15, 0.2) is 48.5 Å². The van der Waals surface area contributed by atoms with Crippen LogP contribution in [0.2, 0.25) is 0 Å². The van der Waals surface area contributed by atoms with Gasteiger partial charge in [0.05, 0.1) is 10.2 Å². The standard InChI is InChI=1S/C16H14N2O2S/c19-15-13(20-15)9-10-5-7-11(8-6-10)17-16-18-12-3-1-2-4-14(12)21-16/h1-8,13,15,19H,9H2,(H,17,18). The van der Waals surface area contributed by atoms with Crippen molar-refractivity contribution in [1.29, 1.82) is 0 Å². The van der Waals surface area contributed by atoms with Crippen molar-refractivity contribution < 1.29 is 9.84 Å². The van der Waals surface area contributed by atoms with Crippen molar-refractivity contribution in [2.75, 3.05) is 5.32 Å². The Balaban J connectivity index is 1.48. The van der Waals surface area contributed by atoms with E-state index in [-0.39, 0.29) is 6.10 Å². The summed E-state index contributed by atoms with van der Waals surface area (Å²) in [5.74, 6) is 0. The monoisotopic (exact) mass is 298 g/mol. The molecule has 4 nitrogen and oxygen atoms in total. The van der Waals surface area contributed by atoms with Crippen LogP contribution in [0.5, 0.6) is 0 Å². The second-order valence-electron chi connectivity index (χ2n) is 5.08. The second-order valence-corrected chi connectivity index (χ2v) is 6.11. The van der Waals surface area contributed by atoms with E-state index in [9.17, 15) is 0 Å². The summed E-state index contributed by atoms with van der Waals surface area (Å²) < 4.78 is 6.19. The first-order chi connectivity index (χ1) is 10.3. The third-order valence-electron chi connectivity index (χ3n) is 3.49. The number of thiazole rings is 1. The fraction of sp³-hybridized carbons (Fsp3) is 0.188. The minimum Gasteiger partial charge on any atom is -0.366 e. The molecular formula is C16H14N2O2S. The Morgan fingerprint density at radius 1 is 1.14 bits per heavy atom. The van der Waals surface area contributed by atoms with Crippen LogP contribution in [-0.4, -0.2) is 22.5 Å². The molecule has 1 fully saturated rings. The van der Waals surface area contributed by atoms with Gasteiger partial charge in [-0.05, 0) is 29.8 Å². The minimum absolute atomic E-state index is 0.0342. The molecule has 3 aromatic rings. The van der Waals surface area contributed by atoms with Crippen LogP contribution >= 0.6 is 11.3 Å². The number of hydrogen-bond acceptors (Lipinski definition) is 5. The average molecular weight is 298 g/mol. The molecular weight excluding hydrogens is 284 g/mol. The lowest BCUT2D eigenvalue weighted by atomic mass is 10.1. The number of aliphatic hydroxyl groups excluding tert-OH is 1. The number of benzene rings is 2. The number of epoxide rings is 1. The largest absolute Gasteiger partial charge is 0.366 e. The van der Waals surface area contributed by atoms with Crippen LogP contribution in [0.4, 0.5) is 10.8 Å². The molecule has 1 saturated heterocycles. The van der Waals surface area contributed by atoms with E-state index in [0.29, 0.717) is 0 Å². The van der Waals surface area contributed by atoms with E-state index in [1.54, 1.807) is 11.3 Å². The van der Waals surface area contributed by atoms with E-state index in [1.165, 1.54) is 4.70 Å². The maximum absolute atomic E-state index is 9.16. The van der Waals surface area contributed by atoms with Crippen molar-refractivity contribution >= 4 is 32.4 Å². The number of para-hydroxylation sites is 1. The first kappa shape index (κ1) is 12.8. The molecule has 2 aromatic carbocycles. The van der Waals surface area contributed by atoms with Crippen LogP contribution in [0, 0.1) is 0 Å². The Kier molecular flexibility index (Phi) is 3.11. The summed E-state index contributed by atoms with van der Waals surface area (Å²) in [6.45, 7) is 0.